The molecule has 0 spiro atoms. The number of hydrogen-bond donors (Lipinski definition) is 2. The van der Waals surface area contributed by atoms with Gasteiger partial charge < -0.3 is 19.7 Å². The zero-order valence-electron chi connectivity index (χ0n) is 10.4. The molecule has 2 N–H and O–H groups in total. The molecule has 0 saturated heterocycles. The van der Waals surface area contributed by atoms with E-state index >= 15 is 0 Å². The lowest BCUT2D eigenvalue weighted by Gasteiger charge is -2.17. The standard InChI is InChI=1S/C10H16N2O6S2/c1-3-7(19(15)16)9(13)11-5-6-12-10(14)8(4-2)20(17)18/h3-4,7-8H,1-2,5-6H2,(H,11,13)(H,12,14)(H,15,16)(H,17,18)/p-2. The smallest absolute Gasteiger partial charge is 0.238 e. The molecule has 114 valence electrons. The number of nitrogens with one attached hydrogen (secondary N) is 2. The number of amides is 2. The Labute approximate surface area is 121 Å². The minimum atomic E-state index is -2.62. The zero-order valence-corrected chi connectivity index (χ0v) is 12.0. The van der Waals surface area contributed by atoms with Crippen molar-refractivity contribution in [2.24, 2.45) is 0 Å². The van der Waals surface area contributed by atoms with Gasteiger partial charge in [-0.3, -0.25) is 18.0 Å². The molecule has 0 aromatic rings. The molecule has 2 amide bonds. The summed E-state index contributed by atoms with van der Waals surface area (Å²) >= 11 is -5.25. The fourth-order valence-electron chi connectivity index (χ4n) is 1.12. The van der Waals surface area contributed by atoms with Crippen LogP contribution in [-0.4, -0.2) is 52.9 Å². The molecule has 4 atom stereocenters. The average Bonchev–Trinajstić information content (AvgIpc) is 2.35. The van der Waals surface area contributed by atoms with Gasteiger partial charge in [0.25, 0.3) is 0 Å². The van der Waals surface area contributed by atoms with Crippen LogP contribution in [0.3, 0.4) is 0 Å². The van der Waals surface area contributed by atoms with Crippen molar-refractivity contribution >= 4 is 34.0 Å². The van der Waals surface area contributed by atoms with Gasteiger partial charge in [-0.15, -0.1) is 13.2 Å². The lowest BCUT2D eigenvalue weighted by Crippen LogP contribution is -2.43. The van der Waals surface area contributed by atoms with Crippen molar-refractivity contribution in [2.45, 2.75) is 10.5 Å². The normalized spacial score (nSPS) is 16.3. The first-order valence-electron chi connectivity index (χ1n) is 5.31. The molecule has 0 aromatic heterocycles. The minimum Gasteiger partial charge on any atom is -0.772 e. The summed E-state index contributed by atoms with van der Waals surface area (Å²) < 4.78 is 42.5. The summed E-state index contributed by atoms with van der Waals surface area (Å²) in [5.74, 6) is -1.56. The Morgan fingerprint density at radius 3 is 1.45 bits per heavy atom. The molecule has 0 aromatic carbocycles. The molecule has 0 aliphatic heterocycles. The van der Waals surface area contributed by atoms with Gasteiger partial charge in [-0.1, -0.05) is 12.2 Å². The lowest BCUT2D eigenvalue weighted by atomic mass is 10.3. The van der Waals surface area contributed by atoms with Crippen LogP contribution < -0.4 is 10.6 Å². The van der Waals surface area contributed by atoms with Crippen LogP contribution in [0.4, 0.5) is 0 Å². The van der Waals surface area contributed by atoms with E-state index in [1.807, 2.05) is 0 Å². The third-order valence-electron chi connectivity index (χ3n) is 2.08. The van der Waals surface area contributed by atoms with Crippen LogP contribution >= 0.6 is 0 Å². The van der Waals surface area contributed by atoms with Gasteiger partial charge in [0.1, 0.15) is 10.5 Å². The van der Waals surface area contributed by atoms with E-state index in [2.05, 4.69) is 23.8 Å². The molecule has 0 fully saturated rings. The topological polar surface area (TPSA) is 138 Å². The van der Waals surface area contributed by atoms with Crippen molar-refractivity contribution < 1.29 is 27.1 Å². The van der Waals surface area contributed by atoms with E-state index < -0.39 is 44.5 Å². The lowest BCUT2D eigenvalue weighted by molar-refractivity contribution is -0.121. The van der Waals surface area contributed by atoms with Crippen LogP contribution in [-0.2, 0) is 31.7 Å². The van der Waals surface area contributed by atoms with Crippen molar-refractivity contribution in [3.63, 3.8) is 0 Å². The Hall–Kier alpha value is -1.36. The summed E-state index contributed by atoms with van der Waals surface area (Å²) in [6, 6.07) is 0. The summed E-state index contributed by atoms with van der Waals surface area (Å²) in [5.41, 5.74) is 0. The first-order chi connectivity index (χ1) is 9.34. The quantitative estimate of drug-likeness (QED) is 0.288. The van der Waals surface area contributed by atoms with Crippen LogP contribution in [0.5, 0.6) is 0 Å². The van der Waals surface area contributed by atoms with Crippen molar-refractivity contribution in [3.8, 4) is 0 Å². The zero-order chi connectivity index (χ0) is 15.7. The summed E-state index contributed by atoms with van der Waals surface area (Å²) in [5, 5.41) is 1.77. The van der Waals surface area contributed by atoms with Gasteiger partial charge in [-0.2, -0.15) is 0 Å². The van der Waals surface area contributed by atoms with Gasteiger partial charge in [0.15, 0.2) is 0 Å². The molecule has 20 heavy (non-hydrogen) atoms. The number of carbonyl (C=O) groups is 2. The molecule has 8 nitrogen and oxygen atoms in total. The Kier molecular flexibility index (Phi) is 8.88. The van der Waals surface area contributed by atoms with Gasteiger partial charge in [-0.25, -0.2) is 0 Å². The van der Waals surface area contributed by atoms with Crippen LogP contribution in [0.25, 0.3) is 0 Å². The Morgan fingerprint density at radius 2 is 1.25 bits per heavy atom. The first-order valence-corrected chi connectivity index (χ1v) is 7.59. The SMILES string of the molecule is C=CC(C(=O)NCCNC(=O)C(C=C)S(=O)[O-])S(=O)[O-]. The van der Waals surface area contributed by atoms with Crippen molar-refractivity contribution in [2.75, 3.05) is 13.1 Å². The van der Waals surface area contributed by atoms with E-state index in [1.54, 1.807) is 0 Å². The van der Waals surface area contributed by atoms with E-state index in [0.29, 0.717) is 0 Å². The van der Waals surface area contributed by atoms with E-state index in [1.165, 1.54) is 0 Å². The molecule has 0 aliphatic rings. The highest BCUT2D eigenvalue weighted by atomic mass is 32.2. The van der Waals surface area contributed by atoms with Crippen molar-refractivity contribution in [1.29, 1.82) is 0 Å². The van der Waals surface area contributed by atoms with Gasteiger partial charge in [0.05, 0.1) is 0 Å². The summed E-state index contributed by atoms with van der Waals surface area (Å²) in [6.45, 7) is 6.31. The summed E-state index contributed by atoms with van der Waals surface area (Å²) in [6.07, 6.45) is 1.93. The predicted octanol–water partition coefficient (Wildman–Crippen LogP) is -1.91. The molecule has 0 rings (SSSR count). The van der Waals surface area contributed by atoms with Crippen molar-refractivity contribution in [1.82, 2.24) is 10.6 Å². The first kappa shape index (κ1) is 18.6. The summed E-state index contributed by atoms with van der Waals surface area (Å²) in [4.78, 5) is 22.7. The highest BCUT2D eigenvalue weighted by Crippen LogP contribution is 1.95. The molecule has 0 heterocycles. The largest absolute Gasteiger partial charge is 0.772 e. The number of carbonyl (C=O) groups excluding carboxylic acids is 2. The highest BCUT2D eigenvalue weighted by molar-refractivity contribution is 7.81. The van der Waals surface area contributed by atoms with E-state index in [4.69, 9.17) is 0 Å². The van der Waals surface area contributed by atoms with E-state index in [0.717, 1.165) is 12.2 Å². The second-order valence-corrected chi connectivity index (χ2v) is 5.47. The second kappa shape index (κ2) is 9.53. The molecule has 0 bridgehead atoms. The van der Waals surface area contributed by atoms with E-state index in [9.17, 15) is 27.1 Å². The fourth-order valence-corrected chi connectivity index (χ4v) is 1.95. The molecule has 10 heteroatoms. The number of hydrogen-bond acceptors (Lipinski definition) is 6. The Morgan fingerprint density at radius 1 is 0.950 bits per heavy atom. The predicted molar refractivity (Wildman–Crippen MR) is 71.8 cm³/mol. The molecule has 4 unspecified atom stereocenters. The average molecular weight is 322 g/mol. The maximum Gasteiger partial charge on any atom is 0.238 e. The third-order valence-corrected chi connectivity index (χ3v) is 3.73. The summed E-state index contributed by atoms with van der Waals surface area (Å²) in [7, 11) is 0. The molecular weight excluding hydrogens is 308 g/mol. The highest BCUT2D eigenvalue weighted by Gasteiger charge is 2.16. The monoisotopic (exact) mass is 322 g/mol. The van der Waals surface area contributed by atoms with Crippen LogP contribution in [0.2, 0.25) is 0 Å². The molecule has 0 aliphatic carbocycles. The van der Waals surface area contributed by atoms with Crippen LogP contribution in [0.15, 0.2) is 25.3 Å². The number of rotatable bonds is 9. The van der Waals surface area contributed by atoms with Crippen LogP contribution in [0, 0.1) is 0 Å². The van der Waals surface area contributed by atoms with Crippen LogP contribution in [0.1, 0.15) is 0 Å². The second-order valence-electron chi connectivity index (χ2n) is 3.42. The van der Waals surface area contributed by atoms with Gasteiger partial charge in [-0.05, 0) is 22.2 Å². The van der Waals surface area contributed by atoms with Gasteiger partial charge >= 0.3 is 0 Å². The molecular formula is C10H14N2O6S2-2. The van der Waals surface area contributed by atoms with Crippen molar-refractivity contribution in [3.05, 3.63) is 25.3 Å². The van der Waals surface area contributed by atoms with Gasteiger partial charge in [0.2, 0.25) is 11.8 Å². The maximum atomic E-state index is 11.4. The fraction of sp³-hybridized carbons (Fsp3) is 0.400. The maximum absolute atomic E-state index is 11.4. The third kappa shape index (κ3) is 6.19. The molecule has 0 radical (unpaired) electrons. The minimum absolute atomic E-state index is 0.0541. The van der Waals surface area contributed by atoms with Gasteiger partial charge in [0, 0.05) is 13.1 Å². The van der Waals surface area contributed by atoms with E-state index in [-0.39, 0.29) is 13.1 Å². The Balaban J connectivity index is 4.14. The Bertz CT molecular complexity index is 399. The molecule has 0 saturated carbocycles.